The standard InChI is InChI=1S/C15H14N4O6S/c1-26(23,24)15-18-17-13(25-15)9-2-4-10(5-3-9)16-11-8-12(21)19(6-7-20)14(11)22/h2-5,8,16,20H,6-7H2,1H3. The highest BCUT2D eigenvalue weighted by molar-refractivity contribution is 7.90. The minimum Gasteiger partial charge on any atom is -0.408 e. The van der Waals surface area contributed by atoms with Gasteiger partial charge >= 0.3 is 5.22 Å². The Hall–Kier alpha value is -3.05. The lowest BCUT2D eigenvalue weighted by atomic mass is 10.2. The molecule has 2 N–H and O–H groups in total. The normalized spacial score (nSPS) is 14.7. The minimum absolute atomic E-state index is 0.0393. The monoisotopic (exact) mass is 378 g/mol. The Labute approximate surface area is 148 Å². The Morgan fingerprint density at radius 1 is 1.19 bits per heavy atom. The summed E-state index contributed by atoms with van der Waals surface area (Å²) in [6.45, 7) is -0.384. The fourth-order valence-corrected chi connectivity index (χ4v) is 2.66. The lowest BCUT2D eigenvalue weighted by Gasteiger charge is -2.13. The molecule has 0 radical (unpaired) electrons. The molecule has 26 heavy (non-hydrogen) atoms. The van der Waals surface area contributed by atoms with E-state index >= 15 is 0 Å². The van der Waals surface area contributed by atoms with Gasteiger partial charge in [-0.15, -0.1) is 5.10 Å². The number of amides is 2. The van der Waals surface area contributed by atoms with E-state index in [0.717, 1.165) is 17.2 Å². The van der Waals surface area contributed by atoms with Crippen LogP contribution < -0.4 is 5.32 Å². The van der Waals surface area contributed by atoms with Crippen molar-refractivity contribution in [3.05, 3.63) is 36.0 Å². The van der Waals surface area contributed by atoms with Crippen LogP contribution in [0.3, 0.4) is 0 Å². The van der Waals surface area contributed by atoms with E-state index in [2.05, 4.69) is 15.5 Å². The van der Waals surface area contributed by atoms with Crippen LogP contribution >= 0.6 is 0 Å². The van der Waals surface area contributed by atoms with Crippen molar-refractivity contribution in [1.82, 2.24) is 15.1 Å². The Kier molecular flexibility index (Phi) is 4.57. The van der Waals surface area contributed by atoms with Gasteiger partial charge in [0, 0.05) is 23.6 Å². The van der Waals surface area contributed by atoms with E-state index in [1.165, 1.54) is 0 Å². The number of imide groups is 1. The molecule has 2 amide bonds. The van der Waals surface area contributed by atoms with Gasteiger partial charge in [-0.25, -0.2) is 8.42 Å². The molecule has 3 rings (SSSR count). The molecule has 1 aliphatic rings. The van der Waals surface area contributed by atoms with Gasteiger partial charge in [0.05, 0.1) is 13.2 Å². The van der Waals surface area contributed by atoms with E-state index < -0.39 is 26.9 Å². The Bertz CT molecular complexity index is 993. The van der Waals surface area contributed by atoms with E-state index in [1.807, 2.05) is 0 Å². The molecule has 0 atom stereocenters. The van der Waals surface area contributed by atoms with E-state index in [1.54, 1.807) is 24.3 Å². The number of sulfone groups is 1. The van der Waals surface area contributed by atoms with Crippen LogP contribution in [0, 0.1) is 0 Å². The van der Waals surface area contributed by atoms with Crippen LogP contribution in [-0.2, 0) is 19.4 Å². The minimum atomic E-state index is -3.59. The van der Waals surface area contributed by atoms with E-state index in [4.69, 9.17) is 9.52 Å². The van der Waals surface area contributed by atoms with Gasteiger partial charge in [0.25, 0.3) is 11.8 Å². The quantitative estimate of drug-likeness (QED) is 0.653. The molecular formula is C15H14N4O6S. The molecule has 1 aromatic heterocycles. The largest absolute Gasteiger partial charge is 0.408 e. The Morgan fingerprint density at radius 2 is 1.88 bits per heavy atom. The summed E-state index contributed by atoms with van der Waals surface area (Å²) in [4.78, 5) is 24.7. The smallest absolute Gasteiger partial charge is 0.335 e. The summed E-state index contributed by atoms with van der Waals surface area (Å²) >= 11 is 0. The van der Waals surface area contributed by atoms with Crippen molar-refractivity contribution in [2.45, 2.75) is 5.22 Å². The third-order valence-electron chi connectivity index (χ3n) is 3.47. The predicted molar refractivity (Wildman–Crippen MR) is 88.4 cm³/mol. The number of hydrogen-bond acceptors (Lipinski definition) is 9. The number of aliphatic hydroxyl groups is 1. The molecule has 0 spiro atoms. The van der Waals surface area contributed by atoms with Crippen molar-refractivity contribution in [3.8, 4) is 11.5 Å². The zero-order chi connectivity index (χ0) is 18.9. The van der Waals surface area contributed by atoms with Crippen LogP contribution in [0.25, 0.3) is 11.5 Å². The number of hydrogen-bond donors (Lipinski definition) is 2. The molecule has 0 saturated heterocycles. The highest BCUT2D eigenvalue weighted by Crippen LogP contribution is 2.23. The number of aromatic nitrogens is 2. The first kappa shape index (κ1) is 17.8. The van der Waals surface area contributed by atoms with Crippen LogP contribution in [0.15, 0.2) is 45.7 Å². The summed E-state index contributed by atoms with van der Waals surface area (Å²) in [5.74, 6) is -0.984. The van der Waals surface area contributed by atoms with Gasteiger partial charge in [0.1, 0.15) is 5.70 Å². The topological polar surface area (TPSA) is 143 Å². The van der Waals surface area contributed by atoms with Crippen molar-refractivity contribution in [2.75, 3.05) is 24.7 Å². The molecule has 2 aromatic rings. The van der Waals surface area contributed by atoms with Gasteiger partial charge in [-0.3, -0.25) is 14.5 Å². The van der Waals surface area contributed by atoms with Crippen LogP contribution in [0.4, 0.5) is 5.69 Å². The molecule has 1 aliphatic heterocycles. The number of β-amino-alcohol motifs (C(OH)–C–C–N with tert-alkyl or cyclic N) is 1. The third-order valence-corrected chi connectivity index (χ3v) is 4.27. The van der Waals surface area contributed by atoms with Gasteiger partial charge in [-0.2, -0.15) is 0 Å². The zero-order valence-corrected chi connectivity index (χ0v) is 14.4. The number of aliphatic hydroxyl groups excluding tert-OH is 1. The number of carbonyl (C=O) groups excluding carboxylic acids is 2. The van der Waals surface area contributed by atoms with Crippen molar-refractivity contribution in [3.63, 3.8) is 0 Å². The first-order valence-electron chi connectivity index (χ1n) is 7.39. The lowest BCUT2D eigenvalue weighted by Crippen LogP contribution is -2.34. The number of nitrogens with zero attached hydrogens (tertiary/aromatic N) is 3. The number of nitrogens with one attached hydrogen (secondary N) is 1. The van der Waals surface area contributed by atoms with E-state index in [-0.39, 0.29) is 24.7 Å². The van der Waals surface area contributed by atoms with Crippen molar-refractivity contribution in [1.29, 1.82) is 0 Å². The molecule has 1 aromatic carbocycles. The van der Waals surface area contributed by atoms with Crippen molar-refractivity contribution in [2.24, 2.45) is 0 Å². The van der Waals surface area contributed by atoms with Crippen LogP contribution in [0.1, 0.15) is 0 Å². The Morgan fingerprint density at radius 3 is 2.46 bits per heavy atom. The molecule has 0 saturated carbocycles. The van der Waals surface area contributed by atoms with Gasteiger partial charge in [-0.05, 0) is 24.3 Å². The lowest BCUT2D eigenvalue weighted by molar-refractivity contribution is -0.137. The zero-order valence-electron chi connectivity index (χ0n) is 13.5. The van der Waals surface area contributed by atoms with Gasteiger partial charge < -0.3 is 14.8 Å². The van der Waals surface area contributed by atoms with Gasteiger partial charge in [0.2, 0.25) is 15.7 Å². The maximum Gasteiger partial charge on any atom is 0.335 e. The maximum atomic E-state index is 12.1. The number of rotatable bonds is 6. The number of anilines is 1. The molecule has 11 heteroatoms. The average molecular weight is 378 g/mol. The molecule has 0 unspecified atom stereocenters. The summed E-state index contributed by atoms with van der Waals surface area (Å²) in [5.41, 5.74) is 1.10. The molecule has 136 valence electrons. The second kappa shape index (κ2) is 6.69. The predicted octanol–water partition coefficient (Wildman–Crippen LogP) is -0.203. The van der Waals surface area contributed by atoms with Crippen molar-refractivity contribution >= 4 is 27.3 Å². The first-order valence-corrected chi connectivity index (χ1v) is 9.28. The number of benzene rings is 1. The van der Waals surface area contributed by atoms with Crippen LogP contribution in [-0.4, -0.2) is 59.8 Å². The molecule has 2 heterocycles. The Balaban J connectivity index is 1.75. The second-order valence-corrected chi connectivity index (χ2v) is 7.32. The highest BCUT2D eigenvalue weighted by atomic mass is 32.2. The molecule has 0 fully saturated rings. The summed E-state index contributed by atoms with van der Waals surface area (Å²) in [6.07, 6.45) is 2.12. The van der Waals surface area contributed by atoms with Crippen LogP contribution in [0.5, 0.6) is 0 Å². The summed E-state index contributed by atoms with van der Waals surface area (Å²) in [6, 6.07) is 6.39. The van der Waals surface area contributed by atoms with Gasteiger partial charge in [0.15, 0.2) is 0 Å². The van der Waals surface area contributed by atoms with Gasteiger partial charge in [-0.1, -0.05) is 5.10 Å². The fourth-order valence-electron chi connectivity index (χ4n) is 2.24. The molecular weight excluding hydrogens is 364 g/mol. The maximum absolute atomic E-state index is 12.1. The number of carbonyl (C=O) groups is 2. The summed E-state index contributed by atoms with van der Waals surface area (Å²) in [5, 5.41) is 18.4. The second-order valence-electron chi connectivity index (χ2n) is 5.42. The fraction of sp³-hybridized carbons (Fsp3) is 0.200. The van der Waals surface area contributed by atoms with E-state index in [9.17, 15) is 18.0 Å². The SMILES string of the molecule is CS(=O)(=O)c1nnc(-c2ccc(NC3=CC(=O)N(CCO)C3=O)cc2)o1. The summed E-state index contributed by atoms with van der Waals surface area (Å²) in [7, 11) is -3.59. The highest BCUT2D eigenvalue weighted by Gasteiger charge is 2.30. The van der Waals surface area contributed by atoms with Crippen LogP contribution in [0.2, 0.25) is 0 Å². The van der Waals surface area contributed by atoms with E-state index in [0.29, 0.717) is 11.3 Å². The average Bonchev–Trinajstić information content (AvgIpc) is 3.17. The first-order chi connectivity index (χ1) is 12.3. The molecule has 0 aliphatic carbocycles. The third kappa shape index (κ3) is 3.48. The van der Waals surface area contributed by atoms with Crippen molar-refractivity contribution < 1.29 is 27.5 Å². The molecule has 10 nitrogen and oxygen atoms in total. The molecule has 0 bridgehead atoms. The summed E-state index contributed by atoms with van der Waals surface area (Å²) < 4.78 is 27.8.